The van der Waals surface area contributed by atoms with Crippen LogP contribution in [0.25, 0.3) is 0 Å². The minimum atomic E-state index is -0.355. The Morgan fingerprint density at radius 3 is 2.31 bits per heavy atom. The number of hydrogen-bond donors (Lipinski definition) is 1. The second-order valence-corrected chi connectivity index (χ2v) is 6.34. The van der Waals surface area contributed by atoms with Gasteiger partial charge in [-0.15, -0.1) is 0 Å². The van der Waals surface area contributed by atoms with E-state index in [1.807, 2.05) is 0 Å². The van der Waals surface area contributed by atoms with E-state index < -0.39 is 0 Å². The quantitative estimate of drug-likeness (QED) is 0.741. The van der Waals surface area contributed by atoms with E-state index in [0.29, 0.717) is 12.0 Å². The monoisotopic (exact) mass is 225 g/mol. The van der Waals surface area contributed by atoms with Crippen LogP contribution < -0.4 is 0 Å². The summed E-state index contributed by atoms with van der Waals surface area (Å²) in [5, 5.41) is 10.8. The SMILES string of the molecule is CC1CCC(C2(O)CCN(C)C(C)C2)CC1. The van der Waals surface area contributed by atoms with Crippen LogP contribution in [0.1, 0.15) is 52.4 Å². The molecule has 0 aromatic rings. The first-order valence-corrected chi connectivity index (χ1v) is 6.94. The van der Waals surface area contributed by atoms with E-state index >= 15 is 0 Å². The fourth-order valence-electron chi connectivity index (χ4n) is 3.53. The van der Waals surface area contributed by atoms with E-state index in [4.69, 9.17) is 0 Å². The maximum absolute atomic E-state index is 10.8. The third kappa shape index (κ3) is 2.43. The van der Waals surface area contributed by atoms with Gasteiger partial charge in [0.1, 0.15) is 0 Å². The molecule has 2 aliphatic rings. The molecule has 1 N–H and O–H groups in total. The summed E-state index contributed by atoms with van der Waals surface area (Å²) < 4.78 is 0. The lowest BCUT2D eigenvalue weighted by molar-refractivity contribution is -0.0912. The lowest BCUT2D eigenvalue weighted by atomic mass is 9.69. The van der Waals surface area contributed by atoms with Crippen molar-refractivity contribution in [3.8, 4) is 0 Å². The maximum atomic E-state index is 10.8. The van der Waals surface area contributed by atoms with Crippen LogP contribution in [0.2, 0.25) is 0 Å². The highest BCUT2D eigenvalue weighted by Crippen LogP contribution is 2.41. The van der Waals surface area contributed by atoms with Crippen molar-refractivity contribution in [1.82, 2.24) is 4.90 Å². The molecule has 0 bridgehead atoms. The molecule has 94 valence electrons. The summed E-state index contributed by atoms with van der Waals surface area (Å²) in [4.78, 5) is 2.37. The van der Waals surface area contributed by atoms with Gasteiger partial charge in [0.2, 0.25) is 0 Å². The molecule has 1 saturated heterocycles. The molecule has 1 heterocycles. The molecule has 1 aliphatic heterocycles. The summed E-state index contributed by atoms with van der Waals surface area (Å²) in [6, 6.07) is 0.540. The van der Waals surface area contributed by atoms with Gasteiger partial charge < -0.3 is 10.0 Å². The van der Waals surface area contributed by atoms with Crippen molar-refractivity contribution in [3.63, 3.8) is 0 Å². The average molecular weight is 225 g/mol. The van der Waals surface area contributed by atoms with Crippen LogP contribution in [0.3, 0.4) is 0 Å². The van der Waals surface area contributed by atoms with Gasteiger partial charge in [-0.05, 0) is 51.5 Å². The lowest BCUT2D eigenvalue weighted by Crippen LogP contribution is -2.52. The molecule has 16 heavy (non-hydrogen) atoms. The van der Waals surface area contributed by atoms with Crippen molar-refractivity contribution in [2.75, 3.05) is 13.6 Å². The normalized spacial score (nSPS) is 46.9. The number of piperidine rings is 1. The van der Waals surface area contributed by atoms with E-state index in [0.717, 1.165) is 25.3 Å². The standard InChI is InChI=1S/C14H27NO/c1-11-4-6-13(7-5-11)14(16)8-9-15(3)12(2)10-14/h11-13,16H,4-10H2,1-3H3. The molecule has 0 aromatic heterocycles. The second kappa shape index (κ2) is 4.66. The number of hydrogen-bond acceptors (Lipinski definition) is 2. The van der Waals surface area contributed by atoms with Gasteiger partial charge in [0.05, 0.1) is 5.60 Å². The molecule has 2 rings (SSSR count). The van der Waals surface area contributed by atoms with Crippen LogP contribution in [-0.4, -0.2) is 35.2 Å². The predicted molar refractivity (Wildman–Crippen MR) is 67.4 cm³/mol. The van der Waals surface area contributed by atoms with Crippen LogP contribution in [-0.2, 0) is 0 Å². The van der Waals surface area contributed by atoms with Crippen molar-refractivity contribution in [2.24, 2.45) is 11.8 Å². The summed E-state index contributed by atoms with van der Waals surface area (Å²) in [7, 11) is 2.17. The molecule has 2 fully saturated rings. The molecule has 0 amide bonds. The molecule has 2 nitrogen and oxygen atoms in total. The lowest BCUT2D eigenvalue weighted by Gasteiger charge is -2.47. The van der Waals surface area contributed by atoms with E-state index in [1.165, 1.54) is 25.7 Å². The van der Waals surface area contributed by atoms with E-state index in [2.05, 4.69) is 25.8 Å². The first-order chi connectivity index (χ1) is 7.51. The second-order valence-electron chi connectivity index (χ2n) is 6.34. The van der Waals surface area contributed by atoms with Crippen molar-refractivity contribution in [2.45, 2.75) is 64.0 Å². The minimum absolute atomic E-state index is 0.355. The Bertz CT molecular complexity index is 235. The third-order valence-electron chi connectivity index (χ3n) is 5.07. The maximum Gasteiger partial charge on any atom is 0.0702 e. The Morgan fingerprint density at radius 1 is 1.12 bits per heavy atom. The first-order valence-electron chi connectivity index (χ1n) is 6.94. The van der Waals surface area contributed by atoms with Crippen LogP contribution in [0.15, 0.2) is 0 Å². The summed E-state index contributed by atoms with van der Waals surface area (Å²) in [5.41, 5.74) is -0.355. The van der Waals surface area contributed by atoms with E-state index in [1.54, 1.807) is 0 Å². The Hall–Kier alpha value is -0.0800. The third-order valence-corrected chi connectivity index (χ3v) is 5.07. The number of aliphatic hydroxyl groups is 1. The fraction of sp³-hybridized carbons (Fsp3) is 1.00. The average Bonchev–Trinajstić information content (AvgIpc) is 2.25. The first kappa shape index (κ1) is 12.4. The number of likely N-dealkylation sites (tertiary alicyclic amines) is 1. The van der Waals surface area contributed by atoms with Crippen LogP contribution in [0.4, 0.5) is 0 Å². The smallest absolute Gasteiger partial charge is 0.0702 e. The molecular formula is C14H27NO. The molecule has 0 spiro atoms. The predicted octanol–water partition coefficient (Wildman–Crippen LogP) is 2.66. The van der Waals surface area contributed by atoms with Gasteiger partial charge in [-0.25, -0.2) is 0 Å². The Labute approximate surface area is 100 Å². The van der Waals surface area contributed by atoms with Crippen molar-refractivity contribution < 1.29 is 5.11 Å². The van der Waals surface area contributed by atoms with E-state index in [-0.39, 0.29) is 5.60 Å². The number of nitrogens with zero attached hydrogens (tertiary/aromatic N) is 1. The Balaban J connectivity index is 1.97. The van der Waals surface area contributed by atoms with Gasteiger partial charge in [-0.1, -0.05) is 19.8 Å². The van der Waals surface area contributed by atoms with Crippen molar-refractivity contribution in [1.29, 1.82) is 0 Å². The highest BCUT2D eigenvalue weighted by molar-refractivity contribution is 4.95. The summed E-state index contributed by atoms with van der Waals surface area (Å²) in [6.07, 6.45) is 7.08. The van der Waals surface area contributed by atoms with Gasteiger partial charge in [0.15, 0.2) is 0 Å². The molecular weight excluding hydrogens is 198 g/mol. The molecule has 1 saturated carbocycles. The molecule has 2 atom stereocenters. The zero-order valence-electron chi connectivity index (χ0n) is 11.1. The van der Waals surface area contributed by atoms with E-state index in [9.17, 15) is 5.11 Å². The minimum Gasteiger partial charge on any atom is -0.389 e. The number of rotatable bonds is 1. The Kier molecular flexibility index (Phi) is 3.60. The van der Waals surface area contributed by atoms with Crippen LogP contribution in [0.5, 0.6) is 0 Å². The summed E-state index contributed by atoms with van der Waals surface area (Å²) >= 11 is 0. The van der Waals surface area contributed by atoms with Crippen LogP contribution in [0, 0.1) is 11.8 Å². The molecule has 2 heteroatoms. The fourth-order valence-corrected chi connectivity index (χ4v) is 3.53. The van der Waals surface area contributed by atoms with Crippen LogP contribution >= 0.6 is 0 Å². The highest BCUT2D eigenvalue weighted by atomic mass is 16.3. The topological polar surface area (TPSA) is 23.5 Å². The summed E-state index contributed by atoms with van der Waals surface area (Å²) in [6.45, 7) is 5.65. The molecule has 2 unspecified atom stereocenters. The van der Waals surface area contributed by atoms with Crippen molar-refractivity contribution in [3.05, 3.63) is 0 Å². The van der Waals surface area contributed by atoms with Gasteiger partial charge in [0.25, 0.3) is 0 Å². The zero-order valence-corrected chi connectivity index (χ0v) is 11.1. The largest absolute Gasteiger partial charge is 0.389 e. The van der Waals surface area contributed by atoms with Gasteiger partial charge in [0, 0.05) is 12.6 Å². The highest BCUT2D eigenvalue weighted by Gasteiger charge is 2.42. The molecule has 0 aromatic carbocycles. The Morgan fingerprint density at radius 2 is 1.75 bits per heavy atom. The molecule has 1 aliphatic carbocycles. The summed E-state index contributed by atoms with van der Waals surface area (Å²) in [5.74, 6) is 1.45. The van der Waals surface area contributed by atoms with Crippen molar-refractivity contribution >= 4 is 0 Å². The van der Waals surface area contributed by atoms with Gasteiger partial charge in [-0.3, -0.25) is 0 Å². The zero-order chi connectivity index (χ0) is 11.8. The van der Waals surface area contributed by atoms with Gasteiger partial charge in [-0.2, -0.15) is 0 Å². The molecule has 0 radical (unpaired) electrons. The van der Waals surface area contributed by atoms with Gasteiger partial charge >= 0.3 is 0 Å².